The van der Waals surface area contributed by atoms with E-state index >= 15 is 0 Å². The molecule has 3 N–H and O–H groups in total. The average molecular weight is 453 g/mol. The molecule has 4 rings (SSSR count). The number of nitrogens with one attached hydrogen (secondary N) is 2. The van der Waals surface area contributed by atoms with Gasteiger partial charge in [0.25, 0.3) is 5.91 Å². The maximum atomic E-state index is 13.2. The summed E-state index contributed by atoms with van der Waals surface area (Å²) in [4.78, 5) is 38.4. The van der Waals surface area contributed by atoms with Gasteiger partial charge in [-0.3, -0.25) is 9.59 Å². The Bertz CT molecular complexity index is 1070. The van der Waals surface area contributed by atoms with Gasteiger partial charge in [0.1, 0.15) is 18.5 Å². The van der Waals surface area contributed by atoms with Crippen molar-refractivity contribution in [1.29, 1.82) is 0 Å². The van der Waals surface area contributed by atoms with Crippen molar-refractivity contribution in [2.24, 2.45) is 0 Å². The number of aliphatic carboxylic acids is 1. The third-order valence-corrected chi connectivity index (χ3v) is 6.07. The van der Waals surface area contributed by atoms with E-state index < -0.39 is 24.2 Å². The predicted octanol–water partition coefficient (Wildman–Crippen LogP) is 3.49. The van der Waals surface area contributed by atoms with Crippen molar-refractivity contribution in [3.05, 3.63) is 53.6 Å². The summed E-state index contributed by atoms with van der Waals surface area (Å²) < 4.78 is 11.8. The van der Waals surface area contributed by atoms with Crippen molar-refractivity contribution in [3.8, 4) is 5.75 Å². The molecule has 33 heavy (non-hydrogen) atoms. The van der Waals surface area contributed by atoms with E-state index in [1.165, 1.54) is 0 Å². The zero-order valence-corrected chi connectivity index (χ0v) is 18.5. The molecule has 3 amide bonds. The Morgan fingerprint density at radius 1 is 1.15 bits per heavy atom. The Morgan fingerprint density at radius 2 is 1.94 bits per heavy atom. The van der Waals surface area contributed by atoms with Crippen molar-refractivity contribution < 1.29 is 29.0 Å². The van der Waals surface area contributed by atoms with Crippen molar-refractivity contribution >= 4 is 29.3 Å². The van der Waals surface area contributed by atoms with Gasteiger partial charge in [0, 0.05) is 18.4 Å². The van der Waals surface area contributed by atoms with E-state index in [2.05, 4.69) is 10.6 Å². The van der Waals surface area contributed by atoms with E-state index in [9.17, 15) is 14.4 Å². The van der Waals surface area contributed by atoms with E-state index in [0.29, 0.717) is 35.5 Å². The van der Waals surface area contributed by atoms with Crippen molar-refractivity contribution in [2.75, 3.05) is 24.3 Å². The first kappa shape index (κ1) is 22.6. The number of rotatable bonds is 4. The number of likely N-dealkylation sites (N-methyl/N-ethyl adjacent to an activating group) is 1. The van der Waals surface area contributed by atoms with Gasteiger partial charge in [0.15, 0.2) is 0 Å². The number of fused-ring (bicyclic) bond motifs is 2. The van der Waals surface area contributed by atoms with Crippen LogP contribution in [0, 0.1) is 6.92 Å². The van der Waals surface area contributed by atoms with Crippen LogP contribution >= 0.6 is 0 Å². The Kier molecular flexibility index (Phi) is 6.50. The van der Waals surface area contributed by atoms with Crippen LogP contribution in [0.25, 0.3) is 0 Å². The molecule has 0 saturated carbocycles. The van der Waals surface area contributed by atoms with Crippen LogP contribution in [0.3, 0.4) is 0 Å². The van der Waals surface area contributed by atoms with Gasteiger partial charge >= 0.3 is 12.0 Å². The minimum absolute atomic E-state index is 0.0724. The lowest BCUT2D eigenvalue weighted by Crippen LogP contribution is -2.53. The number of carboxylic acid groups (broad SMARTS) is 1. The number of para-hydroxylation sites is 1. The highest BCUT2D eigenvalue weighted by Crippen LogP contribution is 2.32. The zero-order valence-electron chi connectivity index (χ0n) is 18.5. The second-order valence-corrected chi connectivity index (χ2v) is 8.37. The lowest BCUT2D eigenvalue weighted by atomic mass is 9.94. The highest BCUT2D eigenvalue weighted by atomic mass is 16.5. The number of carboxylic acids is 1. The number of amides is 3. The molecule has 0 aliphatic carbocycles. The second kappa shape index (κ2) is 9.50. The fourth-order valence-electron chi connectivity index (χ4n) is 4.30. The monoisotopic (exact) mass is 453 g/mol. The quantitative estimate of drug-likeness (QED) is 0.652. The molecule has 1 saturated heterocycles. The van der Waals surface area contributed by atoms with Crippen molar-refractivity contribution in [1.82, 2.24) is 4.90 Å². The Labute approximate surface area is 191 Å². The first-order chi connectivity index (χ1) is 15.8. The summed E-state index contributed by atoms with van der Waals surface area (Å²) in [7, 11) is 1.71. The lowest BCUT2D eigenvalue weighted by molar-refractivity contribution is -0.148. The Morgan fingerprint density at radius 3 is 2.70 bits per heavy atom. The minimum atomic E-state index is -0.911. The van der Waals surface area contributed by atoms with Crippen LogP contribution in [0.2, 0.25) is 0 Å². The largest absolute Gasteiger partial charge is 0.490 e. The van der Waals surface area contributed by atoms with Gasteiger partial charge in [-0.2, -0.15) is 0 Å². The van der Waals surface area contributed by atoms with Gasteiger partial charge in [-0.15, -0.1) is 0 Å². The summed E-state index contributed by atoms with van der Waals surface area (Å²) in [5, 5.41) is 14.6. The van der Waals surface area contributed by atoms with Gasteiger partial charge in [0.2, 0.25) is 0 Å². The van der Waals surface area contributed by atoms with E-state index in [0.717, 1.165) is 5.56 Å². The normalized spacial score (nSPS) is 22.2. The van der Waals surface area contributed by atoms with Gasteiger partial charge in [-0.25, -0.2) is 4.79 Å². The third kappa shape index (κ3) is 5.09. The molecule has 2 aromatic carbocycles. The smallest absolute Gasteiger partial charge is 0.323 e. The zero-order chi connectivity index (χ0) is 23.5. The van der Waals surface area contributed by atoms with Gasteiger partial charge in [0.05, 0.1) is 24.1 Å². The van der Waals surface area contributed by atoms with Crippen LogP contribution < -0.4 is 15.4 Å². The predicted molar refractivity (Wildman–Crippen MR) is 122 cm³/mol. The standard InChI is InChI=1S/C24H27N3O6/c1-14-5-3-4-6-18(14)26-24(31)25-15-7-10-20-17(11-15)23(30)27(2)19-9-8-16(12-22(28)29)33-21(19)13-32-20/h3-7,10-11,16,19,21H,8-9,12-13H2,1-2H3,(H,28,29)(H2,25,26,31)/t16-,19+,21+/m0/s1. The molecular weight excluding hydrogens is 426 g/mol. The van der Waals surface area contributed by atoms with Crippen LogP contribution in [0.15, 0.2) is 42.5 Å². The number of benzene rings is 2. The molecule has 2 aliphatic rings. The maximum absolute atomic E-state index is 13.2. The summed E-state index contributed by atoms with van der Waals surface area (Å²) in [5.74, 6) is -0.770. The molecule has 9 heteroatoms. The number of carbonyl (C=O) groups is 3. The third-order valence-electron chi connectivity index (χ3n) is 6.07. The Hall–Kier alpha value is -3.59. The molecule has 2 aromatic rings. The highest BCUT2D eigenvalue weighted by molar-refractivity contribution is 6.02. The summed E-state index contributed by atoms with van der Waals surface area (Å²) in [5.41, 5.74) is 2.44. The van der Waals surface area contributed by atoms with Gasteiger partial charge in [-0.1, -0.05) is 18.2 Å². The number of ether oxygens (including phenoxy) is 2. The summed E-state index contributed by atoms with van der Waals surface area (Å²) in [6.07, 6.45) is 0.298. The second-order valence-electron chi connectivity index (χ2n) is 8.37. The molecule has 0 aromatic heterocycles. The molecule has 2 aliphatic heterocycles. The molecule has 2 heterocycles. The number of nitrogens with zero attached hydrogens (tertiary/aromatic N) is 1. The number of aryl methyl sites for hydroxylation is 1. The van der Waals surface area contributed by atoms with Crippen LogP contribution in [0.5, 0.6) is 5.75 Å². The first-order valence-electron chi connectivity index (χ1n) is 10.9. The first-order valence-corrected chi connectivity index (χ1v) is 10.9. The fourth-order valence-corrected chi connectivity index (χ4v) is 4.30. The molecule has 0 spiro atoms. The van der Waals surface area contributed by atoms with Crippen molar-refractivity contribution in [2.45, 2.75) is 44.4 Å². The molecule has 9 nitrogen and oxygen atoms in total. The van der Waals surface area contributed by atoms with Gasteiger partial charge < -0.3 is 30.1 Å². The van der Waals surface area contributed by atoms with Crippen LogP contribution in [0.4, 0.5) is 16.2 Å². The fraction of sp³-hybridized carbons (Fsp3) is 0.375. The molecule has 0 unspecified atom stereocenters. The lowest BCUT2D eigenvalue weighted by Gasteiger charge is -2.42. The molecule has 0 bridgehead atoms. The summed E-state index contributed by atoms with van der Waals surface area (Å²) in [6, 6.07) is 11.7. The number of hydrogen-bond donors (Lipinski definition) is 3. The van der Waals surface area contributed by atoms with Crippen LogP contribution in [-0.4, -0.2) is 59.8 Å². The maximum Gasteiger partial charge on any atom is 0.323 e. The van der Waals surface area contributed by atoms with Crippen LogP contribution in [0.1, 0.15) is 35.2 Å². The number of carbonyl (C=O) groups excluding carboxylic acids is 2. The molecule has 174 valence electrons. The topological polar surface area (TPSA) is 117 Å². The van der Waals surface area contributed by atoms with E-state index in [1.807, 2.05) is 31.2 Å². The number of urea groups is 1. The highest BCUT2D eigenvalue weighted by Gasteiger charge is 2.39. The van der Waals surface area contributed by atoms with E-state index in [4.69, 9.17) is 14.6 Å². The minimum Gasteiger partial charge on any atom is -0.490 e. The molecule has 0 radical (unpaired) electrons. The van der Waals surface area contributed by atoms with Crippen LogP contribution in [-0.2, 0) is 9.53 Å². The number of anilines is 2. The van der Waals surface area contributed by atoms with Gasteiger partial charge in [-0.05, 0) is 49.6 Å². The SMILES string of the molecule is Cc1ccccc1NC(=O)Nc1ccc2c(c1)C(=O)N(C)[C@@H]1CC[C@@H](CC(=O)O)O[C@@H]1CO2. The molecule has 1 fully saturated rings. The van der Waals surface area contributed by atoms with Crippen molar-refractivity contribution in [3.63, 3.8) is 0 Å². The molecule has 3 atom stereocenters. The van der Waals surface area contributed by atoms with E-state index in [1.54, 1.807) is 30.1 Å². The van der Waals surface area contributed by atoms with E-state index in [-0.39, 0.29) is 25.0 Å². The number of hydrogen-bond acceptors (Lipinski definition) is 5. The summed E-state index contributed by atoms with van der Waals surface area (Å²) in [6.45, 7) is 2.10. The molecular formula is C24H27N3O6. The Balaban J connectivity index is 1.49. The average Bonchev–Trinajstić information content (AvgIpc) is 2.78. The summed E-state index contributed by atoms with van der Waals surface area (Å²) >= 11 is 0.